The fourth-order valence-electron chi connectivity index (χ4n) is 7.48. The van der Waals surface area contributed by atoms with Crippen molar-refractivity contribution in [1.29, 1.82) is 0 Å². The van der Waals surface area contributed by atoms with Gasteiger partial charge in [0.05, 0.1) is 0 Å². The fourth-order valence-corrected chi connectivity index (χ4v) is 7.48. The second kappa shape index (κ2) is 14.5. The zero-order chi connectivity index (χ0) is 31.0. The van der Waals surface area contributed by atoms with Crippen LogP contribution in [0.1, 0.15) is 90.2 Å². The Morgan fingerprint density at radius 1 is 0.977 bits per heavy atom. The standard InChI is InChI=1S/C36H50N2O5/c1-27(2)25-38(34(41)18-11-7-10-15-30-13-8-6-9-14-30)32-19-20-36(43-29(4)40)26-37(5)22-21-35(36,24-32)31-16-12-17-33(23-31)42-28(3)39/h6,8-9,12-14,16-17,23,27,32H,7,10-11,15,18-22,24-26H2,1-5H3/t32-,35-,36-/m0/s1. The molecule has 2 fully saturated rings. The first-order chi connectivity index (χ1) is 20.5. The van der Waals surface area contributed by atoms with Gasteiger partial charge in [0.1, 0.15) is 11.4 Å². The van der Waals surface area contributed by atoms with Crippen LogP contribution in [0.15, 0.2) is 54.6 Å². The highest BCUT2D eigenvalue weighted by Gasteiger charge is 2.61. The van der Waals surface area contributed by atoms with Gasteiger partial charge >= 0.3 is 11.9 Å². The number of likely N-dealkylation sites (tertiary alicyclic amines) is 1. The minimum atomic E-state index is -0.735. The fraction of sp³-hybridized carbons (Fsp3) is 0.583. The number of hydrogen-bond acceptors (Lipinski definition) is 6. The van der Waals surface area contributed by atoms with Crippen LogP contribution in [-0.2, 0) is 31.0 Å². The lowest BCUT2D eigenvalue weighted by Crippen LogP contribution is -2.68. The zero-order valence-electron chi connectivity index (χ0n) is 26.8. The summed E-state index contributed by atoms with van der Waals surface area (Å²) in [6.45, 7) is 9.39. The van der Waals surface area contributed by atoms with Gasteiger partial charge in [-0.2, -0.15) is 0 Å². The van der Waals surface area contributed by atoms with Gasteiger partial charge in [-0.25, -0.2) is 0 Å². The predicted octanol–water partition coefficient (Wildman–Crippen LogP) is 6.33. The van der Waals surface area contributed by atoms with Gasteiger partial charge in [-0.15, -0.1) is 0 Å². The summed E-state index contributed by atoms with van der Waals surface area (Å²) in [7, 11) is 2.07. The van der Waals surface area contributed by atoms with E-state index in [1.54, 1.807) is 6.07 Å². The van der Waals surface area contributed by atoms with E-state index in [1.165, 1.54) is 19.4 Å². The van der Waals surface area contributed by atoms with Gasteiger partial charge in [-0.1, -0.05) is 62.7 Å². The van der Waals surface area contributed by atoms with Crippen molar-refractivity contribution in [3.8, 4) is 5.75 Å². The maximum atomic E-state index is 13.9. The van der Waals surface area contributed by atoms with Crippen LogP contribution in [0.3, 0.4) is 0 Å². The van der Waals surface area contributed by atoms with Gasteiger partial charge in [0.25, 0.3) is 0 Å². The zero-order valence-corrected chi connectivity index (χ0v) is 26.8. The Bertz CT molecular complexity index is 1250. The second-order valence-electron chi connectivity index (χ2n) is 13.2. The van der Waals surface area contributed by atoms with Gasteiger partial charge in [0, 0.05) is 44.8 Å². The van der Waals surface area contributed by atoms with Crippen molar-refractivity contribution in [2.75, 3.05) is 26.7 Å². The molecule has 2 aliphatic rings. The Balaban J connectivity index is 1.59. The molecule has 0 unspecified atom stereocenters. The molecule has 2 aromatic rings. The molecule has 0 aromatic heterocycles. The molecule has 1 saturated heterocycles. The Labute approximate surface area is 257 Å². The number of carbonyl (C=O) groups excluding carboxylic acids is 3. The Morgan fingerprint density at radius 2 is 1.74 bits per heavy atom. The van der Waals surface area contributed by atoms with E-state index in [0.29, 0.717) is 44.0 Å². The van der Waals surface area contributed by atoms with Crippen molar-refractivity contribution in [3.05, 3.63) is 65.7 Å². The topological polar surface area (TPSA) is 76.2 Å². The van der Waals surface area contributed by atoms with Gasteiger partial charge in [-0.05, 0) is 87.7 Å². The molecule has 234 valence electrons. The normalized spacial score (nSPS) is 23.8. The number of rotatable bonds is 12. The number of benzene rings is 2. The molecular formula is C36H50N2O5. The first kappa shape index (κ1) is 32.7. The van der Waals surface area contributed by atoms with E-state index >= 15 is 0 Å². The molecule has 0 spiro atoms. The average Bonchev–Trinajstić information content (AvgIpc) is 2.95. The van der Waals surface area contributed by atoms with E-state index in [0.717, 1.165) is 50.6 Å². The summed E-state index contributed by atoms with van der Waals surface area (Å²) >= 11 is 0. The number of nitrogens with zero attached hydrogens (tertiary/aromatic N) is 2. The summed E-state index contributed by atoms with van der Waals surface area (Å²) in [5.41, 5.74) is 1.09. The maximum Gasteiger partial charge on any atom is 0.308 e. The minimum Gasteiger partial charge on any atom is -0.457 e. The van der Waals surface area contributed by atoms with Crippen molar-refractivity contribution in [1.82, 2.24) is 9.80 Å². The van der Waals surface area contributed by atoms with Crippen LogP contribution < -0.4 is 4.74 Å². The summed E-state index contributed by atoms with van der Waals surface area (Å²) in [5, 5.41) is 0. The van der Waals surface area contributed by atoms with Crippen LogP contribution in [-0.4, -0.2) is 66.0 Å². The molecule has 0 N–H and O–H groups in total. The molecule has 1 amide bonds. The van der Waals surface area contributed by atoms with Crippen LogP contribution >= 0.6 is 0 Å². The summed E-state index contributed by atoms with van der Waals surface area (Å²) in [4.78, 5) is 42.7. The Kier molecular flexibility index (Phi) is 11.0. The summed E-state index contributed by atoms with van der Waals surface area (Å²) in [6.07, 6.45) is 7.48. The third-order valence-electron chi connectivity index (χ3n) is 9.29. The Hall–Kier alpha value is -3.19. The molecule has 1 saturated carbocycles. The summed E-state index contributed by atoms with van der Waals surface area (Å²) in [5.74, 6) is 0.379. The smallest absolute Gasteiger partial charge is 0.308 e. The first-order valence-corrected chi connectivity index (χ1v) is 16.0. The van der Waals surface area contributed by atoms with E-state index in [1.807, 2.05) is 18.2 Å². The number of esters is 2. The van der Waals surface area contributed by atoms with Crippen molar-refractivity contribution in [3.63, 3.8) is 0 Å². The molecule has 0 radical (unpaired) electrons. The van der Waals surface area contributed by atoms with Crippen LogP contribution in [0.4, 0.5) is 0 Å². The highest BCUT2D eigenvalue weighted by molar-refractivity contribution is 5.76. The third kappa shape index (κ3) is 8.05. The van der Waals surface area contributed by atoms with E-state index in [2.05, 4.69) is 61.0 Å². The molecule has 2 aromatic carbocycles. The third-order valence-corrected chi connectivity index (χ3v) is 9.29. The van der Waals surface area contributed by atoms with Gasteiger partial charge in [0.15, 0.2) is 0 Å². The SMILES string of the molecule is CC(=O)Oc1cccc([C@@]23CCN(C)C[C@@]2(OC(C)=O)CC[C@H](N(CC(C)C)C(=O)CCCCCc2ccccc2)C3)c1. The lowest BCUT2D eigenvalue weighted by atomic mass is 9.55. The van der Waals surface area contributed by atoms with E-state index in [4.69, 9.17) is 9.47 Å². The maximum absolute atomic E-state index is 13.9. The number of likely N-dealkylation sites (N-methyl/N-ethyl adjacent to an activating group) is 1. The largest absolute Gasteiger partial charge is 0.457 e. The van der Waals surface area contributed by atoms with Crippen molar-refractivity contribution in [2.45, 2.75) is 103 Å². The summed E-state index contributed by atoms with van der Waals surface area (Å²) < 4.78 is 11.8. The highest BCUT2D eigenvalue weighted by atomic mass is 16.6. The van der Waals surface area contributed by atoms with Crippen LogP contribution in [0, 0.1) is 5.92 Å². The number of unbranched alkanes of at least 4 members (excludes halogenated alkanes) is 2. The van der Waals surface area contributed by atoms with Gasteiger partial charge in [0.2, 0.25) is 5.91 Å². The Morgan fingerprint density at radius 3 is 2.44 bits per heavy atom. The number of amides is 1. The number of fused-ring (bicyclic) bond motifs is 1. The lowest BCUT2D eigenvalue weighted by molar-refractivity contribution is -0.189. The van der Waals surface area contributed by atoms with Crippen LogP contribution in [0.2, 0.25) is 0 Å². The lowest BCUT2D eigenvalue weighted by Gasteiger charge is -2.60. The van der Waals surface area contributed by atoms with E-state index < -0.39 is 11.0 Å². The van der Waals surface area contributed by atoms with Crippen molar-refractivity contribution < 1.29 is 23.9 Å². The van der Waals surface area contributed by atoms with Gasteiger partial charge < -0.3 is 19.3 Å². The molecule has 1 aliphatic carbocycles. The number of piperidine rings is 1. The quantitative estimate of drug-likeness (QED) is 0.163. The minimum absolute atomic E-state index is 0.0312. The molecule has 43 heavy (non-hydrogen) atoms. The van der Waals surface area contributed by atoms with Crippen molar-refractivity contribution in [2.24, 2.45) is 5.92 Å². The number of carbonyl (C=O) groups is 3. The molecular weight excluding hydrogens is 540 g/mol. The molecule has 0 bridgehead atoms. The first-order valence-electron chi connectivity index (χ1n) is 16.0. The second-order valence-corrected chi connectivity index (χ2v) is 13.2. The van der Waals surface area contributed by atoms with Crippen LogP contribution in [0.5, 0.6) is 5.75 Å². The predicted molar refractivity (Wildman–Crippen MR) is 169 cm³/mol. The molecule has 4 rings (SSSR count). The molecule has 1 aliphatic heterocycles. The number of ether oxygens (including phenoxy) is 2. The molecule has 3 atom stereocenters. The monoisotopic (exact) mass is 590 g/mol. The van der Waals surface area contributed by atoms with E-state index in [9.17, 15) is 14.4 Å². The van der Waals surface area contributed by atoms with Crippen LogP contribution in [0.25, 0.3) is 0 Å². The van der Waals surface area contributed by atoms with E-state index in [-0.39, 0.29) is 23.9 Å². The molecule has 7 nitrogen and oxygen atoms in total. The average molecular weight is 591 g/mol. The molecule has 1 heterocycles. The molecule has 7 heteroatoms. The summed E-state index contributed by atoms with van der Waals surface area (Å²) in [6, 6.07) is 18.3. The van der Waals surface area contributed by atoms with Crippen molar-refractivity contribution >= 4 is 17.8 Å². The number of aryl methyl sites for hydroxylation is 1. The highest BCUT2D eigenvalue weighted by Crippen LogP contribution is 2.54. The number of hydrogen-bond donors (Lipinski definition) is 0. The van der Waals surface area contributed by atoms with Gasteiger partial charge in [-0.3, -0.25) is 14.4 Å².